The Bertz CT molecular complexity index is 615. The fraction of sp³-hybridized carbons (Fsp3) is 0.182. The summed E-state index contributed by atoms with van der Waals surface area (Å²) in [5.74, 6) is -0.466. The van der Waals surface area contributed by atoms with Gasteiger partial charge in [0.25, 0.3) is 5.69 Å². The van der Waals surface area contributed by atoms with Crippen LogP contribution in [0.5, 0.6) is 0 Å². The number of methoxy groups -OCH3 is 1. The Hall–Kier alpha value is -2.37. The molecule has 6 heteroatoms. The number of hydrogen-bond donors (Lipinski definition) is 0. The molecule has 2 aromatic rings. The zero-order valence-corrected chi connectivity index (χ0v) is 9.34. The Morgan fingerprint density at radius 2 is 2.12 bits per heavy atom. The van der Waals surface area contributed by atoms with Gasteiger partial charge in [-0.2, -0.15) is 0 Å². The molecule has 0 aliphatic rings. The third-order valence-electron chi connectivity index (χ3n) is 2.63. The highest BCUT2D eigenvalue weighted by molar-refractivity contribution is 5.96. The van der Waals surface area contributed by atoms with Crippen LogP contribution in [0.4, 0.5) is 5.69 Å². The highest BCUT2D eigenvalue weighted by Gasteiger charge is 2.15. The second-order valence-electron chi connectivity index (χ2n) is 3.58. The molecule has 17 heavy (non-hydrogen) atoms. The third kappa shape index (κ3) is 1.73. The quantitative estimate of drug-likeness (QED) is 0.451. The summed E-state index contributed by atoms with van der Waals surface area (Å²) in [4.78, 5) is 21.6. The fourth-order valence-corrected chi connectivity index (χ4v) is 1.73. The maximum Gasteiger partial charge on any atom is 0.354 e. The summed E-state index contributed by atoms with van der Waals surface area (Å²) < 4.78 is 6.21. The van der Waals surface area contributed by atoms with Crippen molar-refractivity contribution in [1.82, 2.24) is 4.57 Å². The van der Waals surface area contributed by atoms with Crippen molar-refractivity contribution < 1.29 is 14.5 Å². The van der Waals surface area contributed by atoms with Crippen LogP contribution in [-0.4, -0.2) is 22.6 Å². The number of carbonyl (C=O) groups is 1. The summed E-state index contributed by atoms with van der Waals surface area (Å²) in [7, 11) is 2.96. The van der Waals surface area contributed by atoms with E-state index in [4.69, 9.17) is 0 Å². The molecule has 0 N–H and O–H groups in total. The van der Waals surface area contributed by atoms with E-state index in [-0.39, 0.29) is 5.69 Å². The molecule has 0 unspecified atom stereocenters. The van der Waals surface area contributed by atoms with Crippen molar-refractivity contribution in [2.75, 3.05) is 7.11 Å². The van der Waals surface area contributed by atoms with Crippen LogP contribution >= 0.6 is 0 Å². The van der Waals surface area contributed by atoms with Gasteiger partial charge < -0.3 is 9.30 Å². The van der Waals surface area contributed by atoms with Crippen LogP contribution < -0.4 is 0 Å². The number of esters is 1. The molecule has 0 bridgehead atoms. The van der Waals surface area contributed by atoms with Gasteiger partial charge in [0.05, 0.1) is 17.5 Å². The number of nitro benzene ring substituents is 1. The molecular weight excluding hydrogens is 224 g/mol. The van der Waals surface area contributed by atoms with E-state index in [0.717, 1.165) is 5.39 Å². The highest BCUT2D eigenvalue weighted by Crippen LogP contribution is 2.24. The molecule has 0 saturated heterocycles. The monoisotopic (exact) mass is 234 g/mol. The summed E-state index contributed by atoms with van der Waals surface area (Å²) in [5.41, 5.74) is 0.984. The normalized spacial score (nSPS) is 10.5. The van der Waals surface area contributed by atoms with Gasteiger partial charge in [-0.05, 0) is 12.1 Å². The van der Waals surface area contributed by atoms with Gasteiger partial charge in [-0.25, -0.2) is 4.79 Å². The number of nitrogens with zero attached hydrogens (tertiary/aromatic N) is 2. The van der Waals surface area contributed by atoms with Crippen molar-refractivity contribution in [3.8, 4) is 0 Å². The number of non-ortho nitro benzene ring substituents is 1. The molecule has 0 radical (unpaired) electrons. The van der Waals surface area contributed by atoms with E-state index in [1.165, 1.54) is 19.2 Å². The second-order valence-corrected chi connectivity index (χ2v) is 3.58. The van der Waals surface area contributed by atoms with Gasteiger partial charge in [-0.1, -0.05) is 0 Å². The topological polar surface area (TPSA) is 74.4 Å². The Labute approximate surface area is 96.6 Å². The number of benzene rings is 1. The molecule has 0 fully saturated rings. The Balaban J connectivity index is 2.66. The van der Waals surface area contributed by atoms with Gasteiger partial charge in [0, 0.05) is 24.6 Å². The first-order chi connectivity index (χ1) is 8.04. The van der Waals surface area contributed by atoms with E-state index in [0.29, 0.717) is 11.2 Å². The van der Waals surface area contributed by atoms with Crippen molar-refractivity contribution in [3.63, 3.8) is 0 Å². The first-order valence-electron chi connectivity index (χ1n) is 4.87. The first kappa shape index (κ1) is 11.1. The van der Waals surface area contributed by atoms with Crippen molar-refractivity contribution in [3.05, 3.63) is 40.1 Å². The Morgan fingerprint density at radius 1 is 1.41 bits per heavy atom. The lowest BCUT2D eigenvalue weighted by Gasteiger charge is -2.01. The van der Waals surface area contributed by atoms with Crippen LogP contribution in [-0.2, 0) is 11.8 Å². The van der Waals surface area contributed by atoms with Gasteiger partial charge in [0.1, 0.15) is 5.69 Å². The molecule has 88 valence electrons. The summed E-state index contributed by atoms with van der Waals surface area (Å²) in [6.07, 6.45) is 0. The van der Waals surface area contributed by atoms with Crippen LogP contribution in [0, 0.1) is 10.1 Å². The average molecular weight is 234 g/mol. The van der Waals surface area contributed by atoms with E-state index < -0.39 is 10.9 Å². The third-order valence-corrected chi connectivity index (χ3v) is 2.63. The number of ether oxygens (including phenoxy) is 1. The summed E-state index contributed by atoms with van der Waals surface area (Å²) in [6.45, 7) is 0. The number of nitro groups is 1. The average Bonchev–Trinajstić information content (AvgIpc) is 2.65. The molecule has 1 heterocycles. The van der Waals surface area contributed by atoms with E-state index in [2.05, 4.69) is 4.74 Å². The molecule has 6 nitrogen and oxygen atoms in total. The lowest BCUT2D eigenvalue weighted by atomic mass is 10.2. The van der Waals surface area contributed by atoms with Crippen LogP contribution in [0.3, 0.4) is 0 Å². The predicted octanol–water partition coefficient (Wildman–Crippen LogP) is 1.87. The minimum atomic E-state index is -0.468. The Morgan fingerprint density at radius 3 is 2.71 bits per heavy atom. The molecule has 0 aliphatic carbocycles. The van der Waals surface area contributed by atoms with E-state index >= 15 is 0 Å². The van der Waals surface area contributed by atoms with Crippen LogP contribution in [0.25, 0.3) is 10.9 Å². The smallest absolute Gasteiger partial charge is 0.354 e. The molecule has 0 amide bonds. The summed E-state index contributed by atoms with van der Waals surface area (Å²) >= 11 is 0. The van der Waals surface area contributed by atoms with E-state index in [1.807, 2.05) is 0 Å². The maximum absolute atomic E-state index is 11.4. The van der Waals surface area contributed by atoms with E-state index in [9.17, 15) is 14.9 Å². The van der Waals surface area contributed by atoms with Crippen LogP contribution in [0.2, 0.25) is 0 Å². The molecule has 0 aliphatic heterocycles. The minimum absolute atomic E-state index is 0.00452. The minimum Gasteiger partial charge on any atom is -0.464 e. The molecule has 0 saturated carbocycles. The number of rotatable bonds is 2. The summed E-state index contributed by atoms with van der Waals surface area (Å²) in [5, 5.41) is 11.4. The maximum atomic E-state index is 11.4. The number of aromatic nitrogens is 1. The van der Waals surface area contributed by atoms with Gasteiger partial charge in [0.2, 0.25) is 0 Å². The van der Waals surface area contributed by atoms with Crippen molar-refractivity contribution in [1.29, 1.82) is 0 Å². The van der Waals surface area contributed by atoms with Gasteiger partial charge in [-0.15, -0.1) is 0 Å². The number of aryl methyl sites for hydroxylation is 1. The summed E-state index contributed by atoms with van der Waals surface area (Å²) in [6, 6.07) is 6.09. The standard InChI is InChI=1S/C11H10N2O4/c1-12-9-6-8(13(15)16)4-3-7(9)5-10(12)11(14)17-2/h3-6H,1-2H3. The fourth-order valence-electron chi connectivity index (χ4n) is 1.73. The van der Waals surface area contributed by atoms with E-state index in [1.54, 1.807) is 23.7 Å². The Kier molecular flexibility index (Phi) is 2.55. The van der Waals surface area contributed by atoms with Crippen molar-refractivity contribution >= 4 is 22.6 Å². The predicted molar refractivity (Wildman–Crippen MR) is 60.9 cm³/mol. The molecule has 0 spiro atoms. The molecular formula is C11H10N2O4. The van der Waals surface area contributed by atoms with Gasteiger partial charge in [-0.3, -0.25) is 10.1 Å². The van der Waals surface area contributed by atoms with Gasteiger partial charge in [0.15, 0.2) is 0 Å². The largest absolute Gasteiger partial charge is 0.464 e. The first-order valence-corrected chi connectivity index (χ1v) is 4.87. The van der Waals surface area contributed by atoms with Crippen molar-refractivity contribution in [2.45, 2.75) is 0 Å². The molecule has 1 aromatic carbocycles. The number of fused-ring (bicyclic) bond motifs is 1. The number of hydrogen-bond acceptors (Lipinski definition) is 4. The highest BCUT2D eigenvalue weighted by atomic mass is 16.6. The van der Waals surface area contributed by atoms with Gasteiger partial charge >= 0.3 is 5.97 Å². The lowest BCUT2D eigenvalue weighted by molar-refractivity contribution is -0.384. The second kappa shape index (κ2) is 3.89. The lowest BCUT2D eigenvalue weighted by Crippen LogP contribution is -2.06. The SMILES string of the molecule is COC(=O)c1cc2ccc([N+](=O)[O-])cc2n1C. The molecule has 2 rings (SSSR count). The van der Waals surface area contributed by atoms with Crippen LogP contribution in [0.15, 0.2) is 24.3 Å². The molecule has 0 atom stereocenters. The zero-order valence-electron chi connectivity index (χ0n) is 9.34. The zero-order chi connectivity index (χ0) is 12.6. The van der Waals surface area contributed by atoms with Crippen LogP contribution in [0.1, 0.15) is 10.5 Å². The van der Waals surface area contributed by atoms with Crippen molar-refractivity contribution in [2.24, 2.45) is 7.05 Å². The number of carbonyl (C=O) groups excluding carboxylic acids is 1. The molecule has 1 aromatic heterocycles.